The van der Waals surface area contributed by atoms with E-state index in [0.29, 0.717) is 10.7 Å². The predicted molar refractivity (Wildman–Crippen MR) is 101 cm³/mol. The van der Waals surface area contributed by atoms with Crippen molar-refractivity contribution in [1.29, 1.82) is 0 Å². The van der Waals surface area contributed by atoms with Gasteiger partial charge < -0.3 is 0 Å². The minimum absolute atomic E-state index is 0.0505. The fourth-order valence-electron chi connectivity index (χ4n) is 2.62. The third kappa shape index (κ3) is 3.86. The fraction of sp³-hybridized carbons (Fsp3) is 0.105. The monoisotopic (exact) mass is 390 g/mol. The molecule has 134 valence electrons. The zero-order valence-corrected chi connectivity index (χ0v) is 15.7. The van der Waals surface area contributed by atoms with Crippen LogP contribution in [0.5, 0.6) is 0 Å². The Hall–Kier alpha value is -2.44. The Labute approximate surface area is 156 Å². The van der Waals surface area contributed by atoms with Gasteiger partial charge in [0.1, 0.15) is 11.6 Å². The number of nitrogens with zero attached hydrogens (tertiary/aromatic N) is 1. The highest BCUT2D eigenvalue weighted by molar-refractivity contribution is 7.92. The van der Waals surface area contributed by atoms with Gasteiger partial charge in [-0.1, -0.05) is 23.7 Å². The minimum Gasteiger partial charge on any atom is -0.263 e. The molecule has 0 fully saturated rings. The maximum atomic E-state index is 13.6. The Morgan fingerprint density at radius 1 is 1.00 bits per heavy atom. The molecule has 0 aliphatic carbocycles. The fourth-order valence-corrected chi connectivity index (χ4v) is 3.92. The number of aromatic nitrogens is 1. The van der Waals surface area contributed by atoms with Gasteiger partial charge >= 0.3 is 0 Å². The van der Waals surface area contributed by atoms with Crippen LogP contribution in [0.1, 0.15) is 11.3 Å². The molecule has 0 spiro atoms. The molecule has 1 aromatic heterocycles. The zero-order chi connectivity index (χ0) is 18.9. The number of pyridine rings is 1. The van der Waals surface area contributed by atoms with Crippen molar-refractivity contribution in [3.63, 3.8) is 0 Å². The molecule has 1 N–H and O–H groups in total. The zero-order valence-electron chi connectivity index (χ0n) is 14.1. The summed E-state index contributed by atoms with van der Waals surface area (Å²) in [6.07, 6.45) is 0. The highest BCUT2D eigenvalue weighted by Crippen LogP contribution is 2.28. The predicted octanol–water partition coefficient (Wildman–Crippen LogP) is 4.96. The Morgan fingerprint density at radius 3 is 2.46 bits per heavy atom. The molecule has 0 amide bonds. The van der Waals surface area contributed by atoms with E-state index < -0.39 is 10.0 Å². The van der Waals surface area contributed by atoms with Crippen LogP contribution in [0, 0.1) is 19.7 Å². The average molecular weight is 391 g/mol. The van der Waals surface area contributed by atoms with Gasteiger partial charge in [0, 0.05) is 16.3 Å². The molecule has 3 rings (SSSR count). The maximum absolute atomic E-state index is 13.6. The molecule has 2 aromatic carbocycles. The van der Waals surface area contributed by atoms with Crippen LogP contribution < -0.4 is 4.72 Å². The van der Waals surface area contributed by atoms with Crippen molar-refractivity contribution in [2.24, 2.45) is 0 Å². The van der Waals surface area contributed by atoms with Gasteiger partial charge in [0.2, 0.25) is 0 Å². The standard InChI is InChI=1S/C19H16ClFN2O2S/c1-12-6-7-15(21)11-18(12)17-8-9-19(22-13(17)2)23-26(24,25)16-5-3-4-14(20)10-16/h3-11H,1-2H3,(H,22,23). The van der Waals surface area contributed by atoms with Crippen LogP contribution in [0.15, 0.2) is 59.5 Å². The minimum atomic E-state index is -3.80. The van der Waals surface area contributed by atoms with E-state index in [1.165, 1.54) is 24.3 Å². The summed E-state index contributed by atoms with van der Waals surface area (Å²) in [5, 5.41) is 0.328. The van der Waals surface area contributed by atoms with E-state index in [1.807, 2.05) is 6.92 Å². The number of anilines is 1. The Balaban J connectivity index is 1.94. The molecule has 1 heterocycles. The average Bonchev–Trinajstić information content (AvgIpc) is 2.57. The lowest BCUT2D eigenvalue weighted by molar-refractivity contribution is 0.601. The van der Waals surface area contributed by atoms with Crippen LogP contribution in [0.2, 0.25) is 5.02 Å². The third-order valence-corrected chi connectivity index (χ3v) is 5.51. The number of nitrogens with one attached hydrogen (secondary N) is 1. The van der Waals surface area contributed by atoms with Gasteiger partial charge in [-0.2, -0.15) is 0 Å². The van der Waals surface area contributed by atoms with E-state index in [1.54, 1.807) is 37.3 Å². The lowest BCUT2D eigenvalue weighted by Gasteiger charge is -2.12. The van der Waals surface area contributed by atoms with Crippen LogP contribution in [-0.4, -0.2) is 13.4 Å². The Bertz CT molecular complexity index is 1080. The summed E-state index contributed by atoms with van der Waals surface area (Å²) in [5.74, 6) is -0.156. The number of aryl methyl sites for hydroxylation is 2. The molecule has 0 atom stereocenters. The molecular weight excluding hydrogens is 375 g/mol. The molecule has 0 bridgehead atoms. The van der Waals surface area contributed by atoms with Gasteiger partial charge in [0.05, 0.1) is 4.90 Å². The number of benzene rings is 2. The number of sulfonamides is 1. The number of hydrogen-bond acceptors (Lipinski definition) is 3. The summed E-state index contributed by atoms with van der Waals surface area (Å²) in [6, 6.07) is 13.8. The lowest BCUT2D eigenvalue weighted by Crippen LogP contribution is -2.14. The van der Waals surface area contributed by atoms with Crippen LogP contribution in [0.3, 0.4) is 0 Å². The first kappa shape index (κ1) is 18.4. The Morgan fingerprint density at radius 2 is 1.77 bits per heavy atom. The maximum Gasteiger partial charge on any atom is 0.263 e. The van der Waals surface area contributed by atoms with Crippen LogP contribution >= 0.6 is 11.6 Å². The van der Waals surface area contributed by atoms with Crippen LogP contribution in [0.4, 0.5) is 10.2 Å². The number of rotatable bonds is 4. The summed E-state index contributed by atoms with van der Waals surface area (Å²) in [4.78, 5) is 4.36. The molecule has 7 heteroatoms. The summed E-state index contributed by atoms with van der Waals surface area (Å²) >= 11 is 5.86. The molecule has 3 aromatic rings. The topological polar surface area (TPSA) is 59.1 Å². The lowest BCUT2D eigenvalue weighted by atomic mass is 9.99. The third-order valence-electron chi connectivity index (χ3n) is 3.92. The largest absolute Gasteiger partial charge is 0.263 e. The first-order chi connectivity index (χ1) is 12.3. The normalized spacial score (nSPS) is 11.4. The Kier molecular flexibility index (Phi) is 4.98. The first-order valence-corrected chi connectivity index (χ1v) is 9.65. The van der Waals surface area contributed by atoms with E-state index in [4.69, 9.17) is 11.6 Å². The van der Waals surface area contributed by atoms with E-state index in [2.05, 4.69) is 9.71 Å². The van der Waals surface area contributed by atoms with Gasteiger partial charge in [0.15, 0.2) is 0 Å². The van der Waals surface area contributed by atoms with Gasteiger partial charge in [-0.25, -0.2) is 17.8 Å². The summed E-state index contributed by atoms with van der Waals surface area (Å²) in [7, 11) is -3.80. The molecule has 0 aliphatic heterocycles. The first-order valence-electron chi connectivity index (χ1n) is 7.79. The second-order valence-electron chi connectivity index (χ2n) is 5.85. The quantitative estimate of drug-likeness (QED) is 0.685. The van der Waals surface area contributed by atoms with Crippen molar-refractivity contribution in [2.75, 3.05) is 4.72 Å². The smallest absolute Gasteiger partial charge is 0.263 e. The number of halogens is 2. The molecule has 0 unspecified atom stereocenters. The summed E-state index contributed by atoms with van der Waals surface area (Å²) in [5.41, 5.74) is 2.96. The van der Waals surface area contributed by atoms with E-state index in [9.17, 15) is 12.8 Å². The van der Waals surface area contributed by atoms with Crippen molar-refractivity contribution in [3.8, 4) is 11.1 Å². The SMILES string of the molecule is Cc1ccc(F)cc1-c1ccc(NS(=O)(=O)c2cccc(Cl)c2)nc1C. The second kappa shape index (κ2) is 7.05. The molecule has 0 saturated heterocycles. The van der Waals surface area contributed by atoms with Gasteiger partial charge in [-0.05, 0) is 67.4 Å². The van der Waals surface area contributed by atoms with Gasteiger partial charge in [-0.15, -0.1) is 0 Å². The van der Waals surface area contributed by atoms with Crippen molar-refractivity contribution in [2.45, 2.75) is 18.7 Å². The van der Waals surface area contributed by atoms with Crippen molar-refractivity contribution in [1.82, 2.24) is 4.98 Å². The van der Waals surface area contributed by atoms with Gasteiger partial charge in [0.25, 0.3) is 10.0 Å². The van der Waals surface area contributed by atoms with E-state index in [0.717, 1.165) is 16.7 Å². The molecule has 4 nitrogen and oxygen atoms in total. The van der Waals surface area contributed by atoms with Crippen LogP contribution in [0.25, 0.3) is 11.1 Å². The van der Waals surface area contributed by atoms with E-state index >= 15 is 0 Å². The summed E-state index contributed by atoms with van der Waals surface area (Å²) < 4.78 is 40.9. The highest BCUT2D eigenvalue weighted by atomic mass is 35.5. The molecule has 0 radical (unpaired) electrons. The van der Waals surface area contributed by atoms with Crippen molar-refractivity contribution in [3.05, 3.63) is 76.7 Å². The van der Waals surface area contributed by atoms with E-state index in [-0.39, 0.29) is 16.5 Å². The molecule has 26 heavy (non-hydrogen) atoms. The summed E-state index contributed by atoms with van der Waals surface area (Å²) in [6.45, 7) is 3.63. The van der Waals surface area contributed by atoms with Crippen molar-refractivity contribution < 1.29 is 12.8 Å². The molecular formula is C19H16ClFN2O2S. The number of hydrogen-bond donors (Lipinski definition) is 1. The second-order valence-corrected chi connectivity index (χ2v) is 7.97. The highest BCUT2D eigenvalue weighted by Gasteiger charge is 2.16. The molecule has 0 saturated carbocycles. The molecule has 0 aliphatic rings. The van der Waals surface area contributed by atoms with Crippen molar-refractivity contribution >= 4 is 27.4 Å². The van der Waals surface area contributed by atoms with Gasteiger partial charge in [-0.3, -0.25) is 4.72 Å². The van der Waals surface area contributed by atoms with Crippen LogP contribution in [-0.2, 0) is 10.0 Å².